The molecule has 4 nitrogen and oxygen atoms in total. The molecule has 0 atom stereocenters. The predicted octanol–water partition coefficient (Wildman–Crippen LogP) is -1.58. The summed E-state index contributed by atoms with van der Waals surface area (Å²) in [6, 6.07) is 0. The zero-order chi connectivity index (χ0) is 4.50. The Morgan fingerprint density at radius 1 is 1.12 bits per heavy atom. The van der Waals surface area contributed by atoms with Crippen molar-refractivity contribution in [1.29, 1.82) is 0 Å². The SMILES string of the molecule is O=P(O)(O)O.[LiH].[Ti].[V]. The van der Waals surface area contributed by atoms with Gasteiger partial charge in [0.25, 0.3) is 0 Å². The van der Waals surface area contributed by atoms with E-state index in [4.69, 9.17) is 19.2 Å². The van der Waals surface area contributed by atoms with Crippen molar-refractivity contribution in [3.63, 3.8) is 0 Å². The first-order valence-corrected chi connectivity index (χ1v) is 2.35. The summed E-state index contributed by atoms with van der Waals surface area (Å²) in [6.07, 6.45) is 0. The van der Waals surface area contributed by atoms with E-state index in [-0.39, 0.29) is 59.1 Å². The summed E-state index contributed by atoms with van der Waals surface area (Å²) in [4.78, 5) is 21.6. The van der Waals surface area contributed by atoms with Crippen LogP contribution in [0.15, 0.2) is 0 Å². The largest absolute Gasteiger partial charge is 0 e. The Morgan fingerprint density at radius 3 is 1.12 bits per heavy atom. The Hall–Kier alpha value is 2.01. The summed E-state index contributed by atoms with van der Waals surface area (Å²) in [7, 11) is -4.64. The molecule has 0 amide bonds. The standard InChI is InChI=1S/Li.H3O4P.Ti.V.H/c;1-5(2,3)4;;;/h;(H3,1,2,3,4);;;. The van der Waals surface area contributed by atoms with Crippen molar-refractivity contribution < 1.29 is 59.5 Å². The Bertz CT molecular complexity index is 62.2. The van der Waals surface area contributed by atoms with E-state index in [1.54, 1.807) is 0 Å². The molecule has 0 rings (SSSR count). The molecule has 0 aliphatic heterocycles. The van der Waals surface area contributed by atoms with Crippen molar-refractivity contribution in [1.82, 2.24) is 0 Å². The first-order chi connectivity index (χ1) is 2.00. The van der Waals surface area contributed by atoms with Gasteiger partial charge >= 0.3 is 26.7 Å². The number of phosphoric acid groups is 1. The maximum Gasteiger partial charge on any atom is 0 e. The van der Waals surface area contributed by atoms with Crippen LogP contribution in [-0.4, -0.2) is 33.5 Å². The van der Waals surface area contributed by atoms with Gasteiger partial charge in [0, 0.05) is 40.3 Å². The zero-order valence-corrected chi connectivity index (χ0v) is 7.00. The Kier molecular flexibility index (Phi) is 25.3. The van der Waals surface area contributed by atoms with Crippen LogP contribution < -0.4 is 0 Å². The second-order valence-corrected chi connectivity index (χ2v) is 1.54. The third kappa shape index (κ3) is 97.6. The van der Waals surface area contributed by atoms with Gasteiger partial charge in [-0.25, -0.2) is 4.57 Å². The molecule has 0 aromatic heterocycles. The molecular formula is H4LiO4PTiV. The Balaban J connectivity index is -0.0000000267. The van der Waals surface area contributed by atoms with Crippen LogP contribution in [0, 0.1) is 0 Å². The van der Waals surface area contributed by atoms with E-state index in [9.17, 15) is 0 Å². The van der Waals surface area contributed by atoms with E-state index in [2.05, 4.69) is 0 Å². The van der Waals surface area contributed by atoms with Crippen LogP contribution in [0.4, 0.5) is 0 Å². The summed E-state index contributed by atoms with van der Waals surface area (Å²) in [6.45, 7) is 0. The normalized spacial score (nSPS) is 7.38. The minimum absolute atomic E-state index is 0. The summed E-state index contributed by atoms with van der Waals surface area (Å²) in [5.41, 5.74) is 0. The maximum atomic E-state index is 8.88. The van der Waals surface area contributed by atoms with Gasteiger partial charge in [-0.3, -0.25) is 0 Å². The fourth-order valence-corrected chi connectivity index (χ4v) is 0. The van der Waals surface area contributed by atoms with Crippen LogP contribution in [0.2, 0.25) is 0 Å². The molecular weight excluding hydrogens is 201 g/mol. The van der Waals surface area contributed by atoms with Crippen LogP contribution in [0.25, 0.3) is 0 Å². The van der Waals surface area contributed by atoms with E-state index < -0.39 is 7.82 Å². The Labute approximate surface area is 85.6 Å². The third-order valence-corrected chi connectivity index (χ3v) is 0. The molecule has 43 valence electrons. The molecule has 0 aliphatic rings. The van der Waals surface area contributed by atoms with Crippen molar-refractivity contribution in [2.75, 3.05) is 0 Å². The van der Waals surface area contributed by atoms with Gasteiger partial charge in [-0.2, -0.15) is 0 Å². The van der Waals surface area contributed by atoms with Crippen LogP contribution in [-0.2, 0) is 44.8 Å². The van der Waals surface area contributed by atoms with E-state index in [0.717, 1.165) is 0 Å². The summed E-state index contributed by atoms with van der Waals surface area (Å²) < 4.78 is 8.88. The number of hydrogen-bond donors (Lipinski definition) is 3. The van der Waals surface area contributed by atoms with Gasteiger partial charge in [0.05, 0.1) is 0 Å². The van der Waals surface area contributed by atoms with Gasteiger partial charge < -0.3 is 14.7 Å². The van der Waals surface area contributed by atoms with Crippen molar-refractivity contribution >= 4 is 26.7 Å². The average Bonchev–Trinajstić information content (AvgIpc) is 0.722. The second-order valence-electron chi connectivity index (χ2n) is 0.513. The molecule has 0 fully saturated rings. The van der Waals surface area contributed by atoms with Gasteiger partial charge in [-0.15, -0.1) is 0 Å². The van der Waals surface area contributed by atoms with Crippen LogP contribution in [0.5, 0.6) is 0 Å². The number of hydrogen-bond acceptors (Lipinski definition) is 1. The third-order valence-electron chi connectivity index (χ3n) is 0. The van der Waals surface area contributed by atoms with Crippen molar-refractivity contribution in [2.45, 2.75) is 0 Å². The summed E-state index contributed by atoms with van der Waals surface area (Å²) in [5.74, 6) is 0. The van der Waals surface area contributed by atoms with E-state index >= 15 is 0 Å². The first kappa shape index (κ1) is 22.5. The fraction of sp³-hybridized carbons (Fsp3) is 0. The second kappa shape index (κ2) is 9.01. The quantitative estimate of drug-likeness (QED) is 0.329. The van der Waals surface area contributed by atoms with Crippen LogP contribution in [0.3, 0.4) is 0 Å². The van der Waals surface area contributed by atoms with Gasteiger partial charge in [0.2, 0.25) is 0 Å². The minimum Gasteiger partial charge on any atom is 0 e. The average molecular weight is 205 g/mol. The molecule has 0 saturated carbocycles. The van der Waals surface area contributed by atoms with Crippen LogP contribution >= 0.6 is 7.82 Å². The maximum absolute atomic E-state index is 8.88. The molecule has 0 spiro atoms. The van der Waals surface area contributed by atoms with E-state index in [1.165, 1.54) is 0 Å². The molecule has 1 radical (unpaired) electrons. The van der Waals surface area contributed by atoms with E-state index in [1.807, 2.05) is 0 Å². The predicted molar refractivity (Wildman–Crippen MR) is 21.4 cm³/mol. The molecule has 0 unspecified atom stereocenters. The summed E-state index contributed by atoms with van der Waals surface area (Å²) >= 11 is 0. The number of rotatable bonds is 0. The fourth-order valence-electron chi connectivity index (χ4n) is 0. The van der Waals surface area contributed by atoms with Gasteiger partial charge in [0.1, 0.15) is 0 Å². The van der Waals surface area contributed by atoms with Crippen molar-refractivity contribution in [2.24, 2.45) is 0 Å². The molecule has 3 N–H and O–H groups in total. The molecule has 0 aliphatic carbocycles. The topological polar surface area (TPSA) is 77.8 Å². The first-order valence-electron chi connectivity index (χ1n) is 0.783. The zero-order valence-electron chi connectivity index (χ0n) is 3.14. The minimum atomic E-state index is -4.64. The summed E-state index contributed by atoms with van der Waals surface area (Å²) in [5, 5.41) is 0. The smallest absolute Gasteiger partial charge is 0 e. The molecule has 8 heavy (non-hydrogen) atoms. The molecule has 0 aromatic rings. The molecule has 0 bridgehead atoms. The van der Waals surface area contributed by atoms with Crippen LogP contribution in [0.1, 0.15) is 0 Å². The van der Waals surface area contributed by atoms with E-state index in [0.29, 0.717) is 0 Å². The van der Waals surface area contributed by atoms with Gasteiger partial charge in [-0.05, 0) is 0 Å². The van der Waals surface area contributed by atoms with Crippen molar-refractivity contribution in [3.05, 3.63) is 0 Å². The Morgan fingerprint density at radius 2 is 1.12 bits per heavy atom. The monoisotopic (exact) mass is 205 g/mol. The van der Waals surface area contributed by atoms with Gasteiger partial charge in [0.15, 0.2) is 0 Å². The van der Waals surface area contributed by atoms with Gasteiger partial charge in [-0.1, -0.05) is 0 Å². The molecule has 0 heterocycles. The molecule has 8 heteroatoms. The van der Waals surface area contributed by atoms with Crippen molar-refractivity contribution in [3.8, 4) is 0 Å². The molecule has 0 aromatic carbocycles. The molecule has 0 saturated heterocycles.